The van der Waals surface area contributed by atoms with Gasteiger partial charge in [0.25, 0.3) is 0 Å². The van der Waals surface area contributed by atoms with E-state index < -0.39 is 35.5 Å². The van der Waals surface area contributed by atoms with Crippen LogP contribution in [0.2, 0.25) is 0 Å². The van der Waals surface area contributed by atoms with Gasteiger partial charge in [-0.2, -0.15) is 0 Å². The number of ketones is 1. The third-order valence-corrected chi connectivity index (χ3v) is 3.38. The highest BCUT2D eigenvalue weighted by Crippen LogP contribution is 2.21. The standard InChI is InChI=1S/C10H14O7S/c1-5(11)2-6(9(14)15)4-18-7(10(16)17)3-8(12)13/h6-7H,2-4H2,1H3,(H,12,13)(H,14,15)(H,16,17). The van der Waals surface area contributed by atoms with Crippen molar-refractivity contribution in [2.24, 2.45) is 5.92 Å². The lowest BCUT2D eigenvalue weighted by molar-refractivity contribution is -0.143. The normalized spacial score (nSPS) is 13.6. The van der Waals surface area contributed by atoms with Crippen molar-refractivity contribution in [1.82, 2.24) is 0 Å². The van der Waals surface area contributed by atoms with Gasteiger partial charge in [0.2, 0.25) is 0 Å². The minimum atomic E-state index is -1.31. The van der Waals surface area contributed by atoms with E-state index in [1.54, 1.807) is 0 Å². The number of aliphatic carboxylic acids is 3. The van der Waals surface area contributed by atoms with E-state index in [1.165, 1.54) is 6.92 Å². The van der Waals surface area contributed by atoms with Gasteiger partial charge in [-0.05, 0) is 6.92 Å². The lowest BCUT2D eigenvalue weighted by Crippen LogP contribution is -2.25. The average Bonchev–Trinajstić information content (AvgIpc) is 2.20. The first-order chi connectivity index (χ1) is 8.23. The van der Waals surface area contributed by atoms with Gasteiger partial charge >= 0.3 is 17.9 Å². The summed E-state index contributed by atoms with van der Waals surface area (Å²) in [7, 11) is 0. The molecule has 0 aliphatic carbocycles. The summed E-state index contributed by atoms with van der Waals surface area (Å²) in [5.41, 5.74) is 0. The number of carboxylic acids is 3. The van der Waals surface area contributed by atoms with Crippen LogP contribution in [-0.2, 0) is 19.2 Å². The Labute approximate surface area is 107 Å². The van der Waals surface area contributed by atoms with E-state index in [0.717, 1.165) is 11.8 Å². The summed E-state index contributed by atoms with van der Waals surface area (Å²) in [6.07, 6.45) is -0.784. The fraction of sp³-hybridized carbons (Fsp3) is 0.600. The molecule has 0 saturated heterocycles. The highest BCUT2D eigenvalue weighted by atomic mass is 32.2. The Morgan fingerprint density at radius 2 is 1.56 bits per heavy atom. The molecule has 0 aliphatic rings. The molecule has 0 rings (SSSR count). The van der Waals surface area contributed by atoms with Crippen molar-refractivity contribution in [2.45, 2.75) is 25.0 Å². The van der Waals surface area contributed by atoms with Crippen LogP contribution >= 0.6 is 11.8 Å². The monoisotopic (exact) mass is 278 g/mol. The summed E-state index contributed by atoms with van der Waals surface area (Å²) in [5, 5.41) is 24.9. The maximum absolute atomic E-state index is 10.8. The molecule has 0 aromatic rings. The third-order valence-electron chi connectivity index (χ3n) is 2.02. The number of carbonyl (C=O) groups is 4. The molecule has 0 spiro atoms. The zero-order valence-corrected chi connectivity index (χ0v) is 10.5. The highest BCUT2D eigenvalue weighted by Gasteiger charge is 2.26. The molecular weight excluding hydrogens is 264 g/mol. The molecule has 0 amide bonds. The van der Waals surface area contributed by atoms with Gasteiger partial charge in [-0.3, -0.25) is 14.4 Å². The summed E-state index contributed by atoms with van der Waals surface area (Å²) in [4.78, 5) is 42.8. The van der Waals surface area contributed by atoms with Crippen LogP contribution in [0.5, 0.6) is 0 Å². The first-order valence-electron chi connectivity index (χ1n) is 5.02. The number of Topliss-reactive ketones (excluding diaryl/α,β-unsaturated/α-hetero) is 1. The lowest BCUT2D eigenvalue weighted by Gasteiger charge is -2.13. The topological polar surface area (TPSA) is 129 Å². The lowest BCUT2D eigenvalue weighted by atomic mass is 10.1. The number of carbonyl (C=O) groups excluding carboxylic acids is 1. The summed E-state index contributed by atoms with van der Waals surface area (Å²) in [6, 6.07) is 0. The highest BCUT2D eigenvalue weighted by molar-refractivity contribution is 8.00. The second-order valence-electron chi connectivity index (χ2n) is 3.70. The minimum Gasteiger partial charge on any atom is -0.481 e. The SMILES string of the molecule is CC(=O)CC(CSC(CC(=O)O)C(=O)O)C(=O)O. The Balaban J connectivity index is 4.45. The minimum absolute atomic E-state index is 0.112. The average molecular weight is 278 g/mol. The Morgan fingerprint density at radius 1 is 1.00 bits per heavy atom. The number of rotatable bonds is 9. The van der Waals surface area contributed by atoms with Crippen molar-refractivity contribution in [3.63, 3.8) is 0 Å². The van der Waals surface area contributed by atoms with Crippen LogP contribution in [0.3, 0.4) is 0 Å². The van der Waals surface area contributed by atoms with Crippen LogP contribution in [0, 0.1) is 5.92 Å². The predicted octanol–water partition coefficient (Wildman–Crippen LogP) is 0.327. The van der Waals surface area contributed by atoms with Gasteiger partial charge in [-0.15, -0.1) is 11.8 Å². The van der Waals surface area contributed by atoms with E-state index in [9.17, 15) is 19.2 Å². The summed E-state index contributed by atoms with van der Waals surface area (Å²) < 4.78 is 0. The molecule has 0 fully saturated rings. The van der Waals surface area contributed by atoms with Crippen molar-refractivity contribution in [2.75, 3.05) is 5.75 Å². The van der Waals surface area contributed by atoms with Gasteiger partial charge in [0.15, 0.2) is 0 Å². The molecule has 0 radical (unpaired) electrons. The molecule has 2 unspecified atom stereocenters. The quantitative estimate of drug-likeness (QED) is 0.550. The Morgan fingerprint density at radius 3 is 1.89 bits per heavy atom. The molecule has 18 heavy (non-hydrogen) atoms. The van der Waals surface area contributed by atoms with E-state index in [-0.39, 0.29) is 18.0 Å². The van der Waals surface area contributed by atoms with E-state index in [4.69, 9.17) is 15.3 Å². The molecule has 7 nitrogen and oxygen atoms in total. The zero-order chi connectivity index (χ0) is 14.3. The molecule has 3 N–H and O–H groups in total. The zero-order valence-electron chi connectivity index (χ0n) is 9.66. The van der Waals surface area contributed by atoms with Gasteiger partial charge in [0.05, 0.1) is 12.3 Å². The van der Waals surface area contributed by atoms with Gasteiger partial charge in [0.1, 0.15) is 11.0 Å². The second-order valence-corrected chi connectivity index (χ2v) is 4.94. The van der Waals surface area contributed by atoms with Crippen molar-refractivity contribution >= 4 is 35.5 Å². The largest absolute Gasteiger partial charge is 0.481 e. The number of thioether (sulfide) groups is 1. The third kappa shape index (κ3) is 6.89. The smallest absolute Gasteiger partial charge is 0.317 e. The second kappa shape index (κ2) is 7.70. The Bertz CT molecular complexity index is 318. The van der Waals surface area contributed by atoms with Gasteiger partial charge < -0.3 is 20.1 Å². The summed E-state index contributed by atoms with van der Waals surface area (Å²) in [5.74, 6) is -5.20. The van der Waals surface area contributed by atoms with E-state index in [0.29, 0.717) is 0 Å². The molecule has 0 bridgehead atoms. The summed E-state index contributed by atoms with van der Waals surface area (Å²) in [6.45, 7) is 1.24. The molecule has 2 atom stereocenters. The first kappa shape index (κ1) is 16.4. The molecule has 0 saturated carbocycles. The van der Waals surface area contributed by atoms with Crippen molar-refractivity contribution < 1.29 is 34.5 Å². The molecule has 0 aromatic heterocycles. The van der Waals surface area contributed by atoms with Gasteiger partial charge in [-0.25, -0.2) is 0 Å². The van der Waals surface area contributed by atoms with E-state index in [1.807, 2.05) is 0 Å². The Kier molecular flexibility index (Phi) is 7.03. The van der Waals surface area contributed by atoms with E-state index >= 15 is 0 Å². The van der Waals surface area contributed by atoms with Crippen LogP contribution < -0.4 is 0 Å². The molecule has 0 aromatic carbocycles. The van der Waals surface area contributed by atoms with E-state index in [2.05, 4.69) is 0 Å². The van der Waals surface area contributed by atoms with Crippen LogP contribution in [0.15, 0.2) is 0 Å². The van der Waals surface area contributed by atoms with Crippen LogP contribution in [-0.4, -0.2) is 50.0 Å². The van der Waals surface area contributed by atoms with Crippen molar-refractivity contribution in [1.29, 1.82) is 0 Å². The van der Waals surface area contributed by atoms with Gasteiger partial charge in [0, 0.05) is 12.2 Å². The van der Waals surface area contributed by atoms with Crippen molar-refractivity contribution in [3.05, 3.63) is 0 Å². The number of hydrogen-bond donors (Lipinski definition) is 3. The molecule has 102 valence electrons. The molecular formula is C10H14O7S. The first-order valence-corrected chi connectivity index (χ1v) is 6.07. The fourth-order valence-corrected chi connectivity index (χ4v) is 2.30. The fourth-order valence-electron chi connectivity index (χ4n) is 1.17. The number of hydrogen-bond acceptors (Lipinski definition) is 5. The van der Waals surface area contributed by atoms with Crippen LogP contribution in [0.25, 0.3) is 0 Å². The maximum atomic E-state index is 10.8. The predicted molar refractivity (Wildman–Crippen MR) is 62.6 cm³/mol. The molecule has 8 heteroatoms. The molecule has 0 heterocycles. The van der Waals surface area contributed by atoms with Crippen molar-refractivity contribution in [3.8, 4) is 0 Å². The Hall–Kier alpha value is -1.57. The van der Waals surface area contributed by atoms with Crippen LogP contribution in [0.4, 0.5) is 0 Å². The van der Waals surface area contributed by atoms with Crippen LogP contribution in [0.1, 0.15) is 19.8 Å². The van der Waals surface area contributed by atoms with Gasteiger partial charge in [-0.1, -0.05) is 0 Å². The number of carboxylic acid groups (broad SMARTS) is 3. The maximum Gasteiger partial charge on any atom is 0.317 e. The summed E-state index contributed by atoms with van der Waals surface area (Å²) >= 11 is 0.723. The molecule has 0 aliphatic heterocycles.